The second-order valence-corrected chi connectivity index (χ2v) is 7.98. The van der Waals surface area contributed by atoms with E-state index in [1.54, 1.807) is 24.1 Å². The Balaban J connectivity index is 1.78. The normalized spacial score (nSPS) is 14.9. The molecule has 1 heterocycles. The van der Waals surface area contributed by atoms with Gasteiger partial charge in [0.15, 0.2) is 11.5 Å². The third kappa shape index (κ3) is 4.78. The summed E-state index contributed by atoms with van der Waals surface area (Å²) in [6.45, 7) is 2.90. The van der Waals surface area contributed by atoms with Crippen molar-refractivity contribution in [3.63, 3.8) is 0 Å². The maximum atomic E-state index is 12.5. The molecule has 0 saturated carbocycles. The number of nitrogens with zero attached hydrogens (tertiary/aromatic N) is 2. The van der Waals surface area contributed by atoms with Gasteiger partial charge in [0.25, 0.3) is 5.91 Å². The van der Waals surface area contributed by atoms with E-state index in [0.717, 1.165) is 17.5 Å². The van der Waals surface area contributed by atoms with Crippen LogP contribution < -0.4 is 9.47 Å². The minimum Gasteiger partial charge on any atom is -0.493 e. The third-order valence-electron chi connectivity index (χ3n) is 4.33. The highest BCUT2D eigenvalue weighted by molar-refractivity contribution is 8.26. The van der Waals surface area contributed by atoms with E-state index in [4.69, 9.17) is 21.7 Å². The fraction of sp³-hybridized carbons (Fsp3) is 0.227. The van der Waals surface area contributed by atoms with Crippen LogP contribution in [0.1, 0.15) is 30.0 Å². The van der Waals surface area contributed by atoms with E-state index >= 15 is 0 Å². The van der Waals surface area contributed by atoms with Crippen LogP contribution >= 0.6 is 24.0 Å². The highest BCUT2D eigenvalue weighted by Crippen LogP contribution is 2.35. The van der Waals surface area contributed by atoms with Crippen molar-refractivity contribution in [2.24, 2.45) is 0 Å². The number of amides is 1. The highest BCUT2D eigenvalue weighted by Gasteiger charge is 2.31. The smallest absolute Gasteiger partial charge is 0.266 e. The number of hydrogen-bond donors (Lipinski definition) is 0. The molecule has 1 aliphatic heterocycles. The Kier molecular flexibility index (Phi) is 6.91. The van der Waals surface area contributed by atoms with Crippen LogP contribution in [0.3, 0.4) is 0 Å². The van der Waals surface area contributed by atoms with Gasteiger partial charge in [-0.1, -0.05) is 55.2 Å². The van der Waals surface area contributed by atoms with Crippen LogP contribution in [0.15, 0.2) is 47.4 Å². The fourth-order valence-electron chi connectivity index (χ4n) is 2.87. The van der Waals surface area contributed by atoms with Crippen LogP contribution in [-0.4, -0.2) is 28.8 Å². The molecule has 1 aliphatic rings. The third-order valence-corrected chi connectivity index (χ3v) is 5.71. The van der Waals surface area contributed by atoms with Gasteiger partial charge in [-0.15, -0.1) is 0 Å². The average molecular weight is 425 g/mol. The number of ether oxygens (including phenoxy) is 2. The zero-order chi connectivity index (χ0) is 20.8. The first kappa shape index (κ1) is 20.9. The SMILES string of the molecule is CCCN1C(=O)/C(=C\c2ccc(OCc3ccccc3C#N)c(OC)c2)SC1=S. The zero-order valence-electron chi connectivity index (χ0n) is 16.2. The molecule has 1 fully saturated rings. The first-order valence-electron chi connectivity index (χ1n) is 9.11. The van der Waals surface area contributed by atoms with Gasteiger partial charge in [-0.2, -0.15) is 5.26 Å². The maximum absolute atomic E-state index is 12.5. The van der Waals surface area contributed by atoms with Crippen LogP contribution in [0.4, 0.5) is 0 Å². The quantitative estimate of drug-likeness (QED) is 0.472. The van der Waals surface area contributed by atoms with Crippen molar-refractivity contribution >= 4 is 40.3 Å². The lowest BCUT2D eigenvalue weighted by molar-refractivity contribution is -0.122. The molecule has 5 nitrogen and oxygen atoms in total. The van der Waals surface area contributed by atoms with Gasteiger partial charge in [0.05, 0.1) is 23.6 Å². The number of carbonyl (C=O) groups is 1. The highest BCUT2D eigenvalue weighted by atomic mass is 32.2. The van der Waals surface area contributed by atoms with Crippen molar-refractivity contribution in [3.05, 3.63) is 64.1 Å². The molecule has 0 bridgehead atoms. The number of nitriles is 1. The Hall–Kier alpha value is -2.82. The number of hydrogen-bond acceptors (Lipinski definition) is 6. The summed E-state index contributed by atoms with van der Waals surface area (Å²) in [5.41, 5.74) is 2.21. The summed E-state index contributed by atoms with van der Waals surface area (Å²) in [6.07, 6.45) is 2.67. The van der Waals surface area contributed by atoms with E-state index < -0.39 is 0 Å². The van der Waals surface area contributed by atoms with Crippen LogP contribution in [0.25, 0.3) is 6.08 Å². The van der Waals surface area contributed by atoms with Crippen molar-refractivity contribution in [1.82, 2.24) is 4.90 Å². The zero-order valence-corrected chi connectivity index (χ0v) is 17.8. The van der Waals surface area contributed by atoms with Crippen molar-refractivity contribution in [2.75, 3.05) is 13.7 Å². The number of rotatable bonds is 7. The molecule has 2 aromatic rings. The van der Waals surface area contributed by atoms with E-state index in [1.807, 2.05) is 43.3 Å². The van der Waals surface area contributed by atoms with Gasteiger partial charge in [-0.25, -0.2) is 0 Å². The second kappa shape index (κ2) is 9.59. The lowest BCUT2D eigenvalue weighted by atomic mass is 10.1. The summed E-state index contributed by atoms with van der Waals surface area (Å²) in [6, 6.07) is 14.9. The minimum absolute atomic E-state index is 0.0609. The summed E-state index contributed by atoms with van der Waals surface area (Å²) in [5, 5.41) is 9.20. The molecule has 3 rings (SSSR count). The molecule has 1 saturated heterocycles. The summed E-state index contributed by atoms with van der Waals surface area (Å²) in [7, 11) is 1.57. The first-order chi connectivity index (χ1) is 14.1. The second-order valence-electron chi connectivity index (χ2n) is 6.30. The standard InChI is InChI=1S/C22H20N2O3S2/c1-3-10-24-21(25)20(29-22(24)28)12-15-8-9-18(19(11-15)26-2)27-14-17-7-5-4-6-16(17)13-23/h4-9,11-12H,3,10,14H2,1-2H3/b20-12+. The Bertz CT molecular complexity index is 1010. The Morgan fingerprint density at radius 2 is 2.03 bits per heavy atom. The predicted molar refractivity (Wildman–Crippen MR) is 119 cm³/mol. The number of carbonyl (C=O) groups excluding carboxylic acids is 1. The summed E-state index contributed by atoms with van der Waals surface area (Å²) in [4.78, 5) is 14.7. The van der Waals surface area contributed by atoms with Crippen molar-refractivity contribution in [2.45, 2.75) is 20.0 Å². The Morgan fingerprint density at radius 1 is 1.24 bits per heavy atom. The van der Waals surface area contributed by atoms with Gasteiger partial charge in [0.1, 0.15) is 10.9 Å². The largest absolute Gasteiger partial charge is 0.493 e. The Morgan fingerprint density at radius 3 is 2.76 bits per heavy atom. The minimum atomic E-state index is -0.0609. The summed E-state index contributed by atoms with van der Waals surface area (Å²) >= 11 is 6.62. The van der Waals surface area contributed by atoms with Crippen LogP contribution in [0.2, 0.25) is 0 Å². The summed E-state index contributed by atoms with van der Waals surface area (Å²) < 4.78 is 11.9. The molecule has 0 radical (unpaired) electrons. The topological polar surface area (TPSA) is 62.6 Å². The van der Waals surface area contributed by atoms with E-state index in [-0.39, 0.29) is 12.5 Å². The predicted octanol–water partition coefficient (Wildman–Crippen LogP) is 4.76. The van der Waals surface area contributed by atoms with Crippen molar-refractivity contribution in [3.8, 4) is 17.6 Å². The number of thiocarbonyl (C=S) groups is 1. The molecule has 29 heavy (non-hydrogen) atoms. The van der Waals surface area contributed by atoms with Crippen LogP contribution in [0, 0.1) is 11.3 Å². The average Bonchev–Trinajstić information content (AvgIpc) is 3.00. The van der Waals surface area contributed by atoms with Gasteiger partial charge in [-0.05, 0) is 36.3 Å². The lowest BCUT2D eigenvalue weighted by Crippen LogP contribution is -2.28. The van der Waals surface area contributed by atoms with Gasteiger partial charge >= 0.3 is 0 Å². The van der Waals surface area contributed by atoms with Gasteiger partial charge in [-0.3, -0.25) is 9.69 Å². The molecule has 2 aromatic carbocycles. The Labute approximate surface area is 179 Å². The molecule has 0 N–H and O–H groups in total. The van der Waals surface area contributed by atoms with E-state index in [1.165, 1.54) is 11.8 Å². The molecule has 0 atom stereocenters. The van der Waals surface area contributed by atoms with E-state index in [0.29, 0.717) is 32.8 Å². The molecule has 1 amide bonds. The first-order valence-corrected chi connectivity index (χ1v) is 10.3. The summed E-state index contributed by atoms with van der Waals surface area (Å²) in [5.74, 6) is 1.06. The van der Waals surface area contributed by atoms with Crippen molar-refractivity contribution in [1.29, 1.82) is 5.26 Å². The maximum Gasteiger partial charge on any atom is 0.266 e. The van der Waals surface area contributed by atoms with E-state index in [2.05, 4.69) is 6.07 Å². The van der Waals surface area contributed by atoms with Crippen molar-refractivity contribution < 1.29 is 14.3 Å². The number of methoxy groups -OCH3 is 1. The van der Waals surface area contributed by atoms with Crippen LogP contribution in [0.5, 0.6) is 11.5 Å². The van der Waals surface area contributed by atoms with Gasteiger partial charge in [0.2, 0.25) is 0 Å². The van der Waals surface area contributed by atoms with Gasteiger partial charge < -0.3 is 9.47 Å². The number of thioether (sulfide) groups is 1. The number of benzene rings is 2. The molecule has 0 unspecified atom stereocenters. The van der Waals surface area contributed by atoms with Crippen LogP contribution in [-0.2, 0) is 11.4 Å². The lowest BCUT2D eigenvalue weighted by Gasteiger charge is -2.12. The molecule has 0 aliphatic carbocycles. The van der Waals surface area contributed by atoms with Gasteiger partial charge in [0, 0.05) is 12.1 Å². The molecule has 148 valence electrons. The fourth-order valence-corrected chi connectivity index (χ4v) is 4.18. The molecule has 0 spiro atoms. The molecule has 7 heteroatoms. The molecular weight excluding hydrogens is 404 g/mol. The monoisotopic (exact) mass is 424 g/mol. The molecular formula is C22H20N2O3S2. The van der Waals surface area contributed by atoms with E-state index in [9.17, 15) is 10.1 Å². The molecule has 0 aromatic heterocycles.